The monoisotopic (exact) mass is 436 g/mol. The zero-order valence-electron chi connectivity index (χ0n) is 18.0. The molecular weight excluding hydrogens is 412 g/mol. The minimum atomic E-state index is -0.835. The van der Waals surface area contributed by atoms with Crippen LogP contribution < -0.4 is 20.1 Å². The number of carbonyl (C=O) groups excluding carboxylic acids is 2. The number of hydrogen-bond donors (Lipinski definition) is 2. The topological polar surface area (TPSA) is 104 Å². The maximum atomic E-state index is 13.2. The van der Waals surface area contributed by atoms with Crippen molar-refractivity contribution in [3.63, 3.8) is 0 Å². The third-order valence-electron chi connectivity index (χ3n) is 5.23. The Morgan fingerprint density at radius 2 is 1.94 bits per heavy atom. The maximum Gasteiger partial charge on any atom is 0.249 e. The predicted octanol–water partition coefficient (Wildman–Crippen LogP) is 3.24. The molecule has 0 bridgehead atoms. The molecular formula is C23H24N4O5. The number of hydrogen-bond acceptors (Lipinski definition) is 6. The first kappa shape index (κ1) is 21.4. The number of fused-ring (bicyclic) bond motifs is 1. The number of aromatic nitrogens is 2. The van der Waals surface area contributed by atoms with Crippen LogP contribution >= 0.6 is 0 Å². The van der Waals surface area contributed by atoms with E-state index < -0.39 is 6.04 Å². The number of benzene rings is 2. The molecule has 2 heterocycles. The second-order valence-corrected chi connectivity index (χ2v) is 7.24. The number of amides is 2. The zero-order valence-corrected chi connectivity index (χ0v) is 18.0. The van der Waals surface area contributed by atoms with E-state index in [0.29, 0.717) is 28.7 Å². The van der Waals surface area contributed by atoms with E-state index in [9.17, 15) is 9.59 Å². The lowest BCUT2D eigenvalue weighted by Crippen LogP contribution is -2.36. The van der Waals surface area contributed by atoms with Gasteiger partial charge in [0.15, 0.2) is 0 Å². The third-order valence-corrected chi connectivity index (χ3v) is 5.23. The van der Waals surface area contributed by atoms with Gasteiger partial charge in [-0.3, -0.25) is 9.59 Å². The summed E-state index contributed by atoms with van der Waals surface area (Å²) in [5.74, 6) is 0.879. The standard InChI is InChI=1S/C23H24N4O5/c1-30-13-17-21(14-7-5-4-6-8-14)22-25-20(28)12-18(27(22)26-17)23(29)24-16-10-9-15(31-2)11-19(16)32-3/h4-11,18H,12-13H2,1-3H3,(H,24,29)(H,25,28)/t18-/m1/s1. The largest absolute Gasteiger partial charge is 0.497 e. The van der Waals surface area contributed by atoms with Crippen molar-refractivity contribution in [3.05, 3.63) is 54.2 Å². The van der Waals surface area contributed by atoms with Gasteiger partial charge in [0, 0.05) is 18.7 Å². The van der Waals surface area contributed by atoms with E-state index in [1.54, 1.807) is 37.1 Å². The molecule has 2 amide bonds. The highest BCUT2D eigenvalue weighted by molar-refractivity contribution is 6.03. The van der Waals surface area contributed by atoms with Gasteiger partial charge in [0.05, 0.1) is 38.6 Å². The number of nitrogens with one attached hydrogen (secondary N) is 2. The highest BCUT2D eigenvalue weighted by Crippen LogP contribution is 2.38. The van der Waals surface area contributed by atoms with Gasteiger partial charge >= 0.3 is 0 Å². The summed E-state index contributed by atoms with van der Waals surface area (Å²) in [4.78, 5) is 25.8. The molecule has 0 unspecified atom stereocenters. The molecule has 1 aliphatic rings. The summed E-state index contributed by atoms with van der Waals surface area (Å²) >= 11 is 0. The van der Waals surface area contributed by atoms with Gasteiger partial charge in [0.2, 0.25) is 11.8 Å². The van der Waals surface area contributed by atoms with Crippen LogP contribution in [-0.4, -0.2) is 42.9 Å². The van der Waals surface area contributed by atoms with Crippen molar-refractivity contribution < 1.29 is 23.8 Å². The SMILES string of the molecule is COCc1nn2c(c1-c1ccccc1)NC(=O)C[C@@H]2C(=O)Nc1ccc(OC)cc1OC. The molecule has 166 valence electrons. The highest BCUT2D eigenvalue weighted by atomic mass is 16.5. The Bertz CT molecular complexity index is 1140. The van der Waals surface area contributed by atoms with Crippen LogP contribution in [0.3, 0.4) is 0 Å². The first-order chi connectivity index (χ1) is 15.5. The second kappa shape index (κ2) is 9.11. The Balaban J connectivity index is 1.72. The van der Waals surface area contributed by atoms with Gasteiger partial charge in [-0.05, 0) is 17.7 Å². The summed E-state index contributed by atoms with van der Waals surface area (Å²) in [5, 5.41) is 10.4. The van der Waals surface area contributed by atoms with Crippen LogP contribution in [-0.2, 0) is 20.9 Å². The molecule has 32 heavy (non-hydrogen) atoms. The Kier molecular flexibility index (Phi) is 6.09. The smallest absolute Gasteiger partial charge is 0.249 e. The second-order valence-electron chi connectivity index (χ2n) is 7.24. The van der Waals surface area contributed by atoms with Crippen molar-refractivity contribution in [1.82, 2.24) is 9.78 Å². The van der Waals surface area contributed by atoms with E-state index in [-0.39, 0.29) is 24.8 Å². The van der Waals surface area contributed by atoms with E-state index in [4.69, 9.17) is 14.2 Å². The van der Waals surface area contributed by atoms with Gasteiger partial charge in [-0.15, -0.1) is 0 Å². The molecule has 0 aliphatic carbocycles. The van der Waals surface area contributed by atoms with Crippen LogP contribution in [0, 0.1) is 0 Å². The van der Waals surface area contributed by atoms with Crippen molar-refractivity contribution in [3.8, 4) is 22.6 Å². The fourth-order valence-corrected chi connectivity index (χ4v) is 3.74. The van der Waals surface area contributed by atoms with E-state index in [1.807, 2.05) is 30.3 Å². The Labute approximate surface area is 185 Å². The molecule has 4 rings (SSSR count). The normalized spacial score (nSPS) is 15.0. The Morgan fingerprint density at radius 1 is 1.16 bits per heavy atom. The summed E-state index contributed by atoms with van der Waals surface area (Å²) in [6.45, 7) is 0.237. The molecule has 0 saturated carbocycles. The number of rotatable bonds is 7. The lowest BCUT2D eigenvalue weighted by molar-refractivity contribution is -0.125. The zero-order chi connectivity index (χ0) is 22.7. The number of nitrogens with zero attached hydrogens (tertiary/aromatic N) is 2. The molecule has 2 N–H and O–H groups in total. The van der Waals surface area contributed by atoms with Crippen LogP contribution in [0.4, 0.5) is 11.5 Å². The molecule has 0 radical (unpaired) electrons. The molecule has 1 atom stereocenters. The van der Waals surface area contributed by atoms with Crippen LogP contribution in [0.2, 0.25) is 0 Å². The highest BCUT2D eigenvalue weighted by Gasteiger charge is 2.35. The maximum absolute atomic E-state index is 13.2. The van der Waals surface area contributed by atoms with Gasteiger partial charge < -0.3 is 24.8 Å². The molecule has 9 nitrogen and oxygen atoms in total. The number of anilines is 2. The molecule has 0 saturated heterocycles. The number of ether oxygens (including phenoxy) is 3. The van der Waals surface area contributed by atoms with Crippen LogP contribution in [0.25, 0.3) is 11.1 Å². The average molecular weight is 436 g/mol. The van der Waals surface area contributed by atoms with Crippen LogP contribution in [0.15, 0.2) is 48.5 Å². The summed E-state index contributed by atoms with van der Waals surface area (Å²) in [6.07, 6.45) is -0.0420. The molecule has 1 aliphatic heterocycles. The van der Waals surface area contributed by atoms with Gasteiger partial charge in [0.25, 0.3) is 0 Å². The number of carbonyl (C=O) groups is 2. The van der Waals surface area contributed by atoms with Crippen LogP contribution in [0.1, 0.15) is 18.2 Å². The first-order valence-electron chi connectivity index (χ1n) is 10.0. The van der Waals surface area contributed by atoms with Crippen molar-refractivity contribution in [2.24, 2.45) is 0 Å². The van der Waals surface area contributed by atoms with Gasteiger partial charge in [-0.2, -0.15) is 5.10 Å². The summed E-state index contributed by atoms with van der Waals surface area (Å²) in [5.41, 5.74) is 2.72. The Morgan fingerprint density at radius 3 is 2.62 bits per heavy atom. The third kappa shape index (κ3) is 4.02. The molecule has 3 aromatic rings. The average Bonchev–Trinajstić information content (AvgIpc) is 3.17. The van der Waals surface area contributed by atoms with E-state index in [1.165, 1.54) is 7.11 Å². The molecule has 0 fully saturated rings. The molecule has 2 aromatic carbocycles. The summed E-state index contributed by atoms with van der Waals surface area (Å²) in [6, 6.07) is 13.8. The lowest BCUT2D eigenvalue weighted by atomic mass is 10.0. The first-order valence-corrected chi connectivity index (χ1v) is 10.0. The number of methoxy groups -OCH3 is 3. The Hall–Kier alpha value is -3.85. The van der Waals surface area contributed by atoms with E-state index in [0.717, 1.165) is 11.1 Å². The van der Waals surface area contributed by atoms with E-state index >= 15 is 0 Å². The van der Waals surface area contributed by atoms with Crippen LogP contribution in [0.5, 0.6) is 11.5 Å². The van der Waals surface area contributed by atoms with Crippen molar-refractivity contribution in [2.75, 3.05) is 32.0 Å². The fourth-order valence-electron chi connectivity index (χ4n) is 3.74. The summed E-state index contributed by atoms with van der Waals surface area (Å²) in [7, 11) is 4.63. The molecule has 0 spiro atoms. The lowest BCUT2D eigenvalue weighted by Gasteiger charge is -2.25. The minimum Gasteiger partial charge on any atom is -0.497 e. The van der Waals surface area contributed by atoms with Crippen molar-refractivity contribution in [1.29, 1.82) is 0 Å². The predicted molar refractivity (Wildman–Crippen MR) is 119 cm³/mol. The van der Waals surface area contributed by atoms with Crippen molar-refractivity contribution >= 4 is 23.3 Å². The summed E-state index contributed by atoms with van der Waals surface area (Å²) < 4.78 is 17.4. The van der Waals surface area contributed by atoms with E-state index in [2.05, 4.69) is 15.7 Å². The van der Waals surface area contributed by atoms with Gasteiger partial charge in [-0.1, -0.05) is 30.3 Å². The van der Waals surface area contributed by atoms with Crippen molar-refractivity contribution in [2.45, 2.75) is 19.1 Å². The fraction of sp³-hybridized carbons (Fsp3) is 0.261. The molecule has 1 aromatic heterocycles. The van der Waals surface area contributed by atoms with Gasteiger partial charge in [0.1, 0.15) is 23.4 Å². The minimum absolute atomic E-state index is 0.0420. The quantitative estimate of drug-likeness (QED) is 0.589. The molecule has 9 heteroatoms. The van der Waals surface area contributed by atoms with Gasteiger partial charge in [-0.25, -0.2) is 4.68 Å².